The van der Waals surface area contributed by atoms with E-state index in [1.54, 1.807) is 0 Å². The van der Waals surface area contributed by atoms with Crippen LogP contribution in [0.15, 0.2) is 18.2 Å². The molecule has 0 fully saturated rings. The van der Waals surface area contributed by atoms with Crippen molar-refractivity contribution < 1.29 is 4.74 Å². The van der Waals surface area contributed by atoms with Crippen LogP contribution in [0.5, 0.6) is 5.75 Å². The van der Waals surface area contributed by atoms with Gasteiger partial charge in [-0.1, -0.05) is 19.9 Å². The quantitative estimate of drug-likeness (QED) is 0.625. The molecule has 0 aliphatic carbocycles. The van der Waals surface area contributed by atoms with E-state index in [9.17, 15) is 0 Å². The van der Waals surface area contributed by atoms with E-state index in [0.717, 1.165) is 29.9 Å². The van der Waals surface area contributed by atoms with Crippen molar-refractivity contribution in [3.05, 3.63) is 29.3 Å². The number of nitrogens with zero attached hydrogens (tertiary/aromatic N) is 1. The molecule has 72 valence electrons. The highest BCUT2D eigenvalue weighted by atomic mass is 16.5. The van der Waals surface area contributed by atoms with Gasteiger partial charge in [-0.05, 0) is 24.0 Å². The second-order valence-electron chi connectivity index (χ2n) is 4.27. The lowest BCUT2D eigenvalue weighted by Crippen LogP contribution is -2.27. The van der Waals surface area contributed by atoms with Crippen LogP contribution in [0.3, 0.4) is 0 Å². The van der Waals surface area contributed by atoms with Crippen LogP contribution >= 0.6 is 0 Å². The van der Waals surface area contributed by atoms with Crippen molar-refractivity contribution in [2.24, 2.45) is 0 Å². The summed E-state index contributed by atoms with van der Waals surface area (Å²) in [6.07, 6.45) is 0.971. The summed E-state index contributed by atoms with van der Waals surface area (Å²) < 4.78 is 5.55. The molecule has 0 aromatic heterocycles. The van der Waals surface area contributed by atoms with E-state index < -0.39 is 0 Å². The Balaban J connectivity index is 2.66. The fraction of sp³-hybridized carbons (Fsp3) is 0.417. The topological polar surface area (TPSA) is 33.0 Å². The van der Waals surface area contributed by atoms with Crippen LogP contribution in [-0.4, -0.2) is 6.61 Å². The highest BCUT2D eigenvalue weighted by molar-refractivity contribution is 5.51. The summed E-state index contributed by atoms with van der Waals surface area (Å²) >= 11 is 0. The number of hydrogen-bond donors (Lipinski definition) is 0. The molecule has 0 radical (unpaired) electrons. The molecular weight excluding hydrogens is 174 g/mol. The highest BCUT2D eigenvalue weighted by Crippen LogP contribution is 2.39. The monoisotopic (exact) mass is 187 g/mol. The molecule has 0 bridgehead atoms. The van der Waals surface area contributed by atoms with E-state index in [2.05, 4.69) is 19.9 Å². The van der Waals surface area contributed by atoms with Gasteiger partial charge in [0.25, 0.3) is 0 Å². The van der Waals surface area contributed by atoms with Gasteiger partial charge in [-0.25, -0.2) is 0 Å². The molecule has 0 unspecified atom stereocenters. The molecule has 0 amide bonds. The fourth-order valence-electron chi connectivity index (χ4n) is 1.98. The Labute approximate surface area is 84.1 Å². The van der Waals surface area contributed by atoms with E-state index in [1.807, 2.05) is 18.2 Å². The third-order valence-electron chi connectivity index (χ3n) is 2.81. The summed E-state index contributed by atoms with van der Waals surface area (Å²) in [5.41, 5.74) is 1.86. The van der Waals surface area contributed by atoms with Crippen molar-refractivity contribution in [1.29, 1.82) is 5.26 Å². The SMILES string of the molecule is CC1(C)CCOc2cccc(C#N)c21. The van der Waals surface area contributed by atoms with Crippen LogP contribution in [0.2, 0.25) is 0 Å². The van der Waals surface area contributed by atoms with E-state index in [1.165, 1.54) is 0 Å². The van der Waals surface area contributed by atoms with E-state index in [4.69, 9.17) is 10.00 Å². The first-order valence-corrected chi connectivity index (χ1v) is 4.81. The molecule has 1 aromatic carbocycles. The summed E-state index contributed by atoms with van der Waals surface area (Å²) in [5.74, 6) is 0.875. The minimum atomic E-state index is 0.0555. The van der Waals surface area contributed by atoms with Gasteiger partial charge in [0.2, 0.25) is 0 Å². The van der Waals surface area contributed by atoms with Crippen molar-refractivity contribution in [3.63, 3.8) is 0 Å². The number of nitriles is 1. The van der Waals surface area contributed by atoms with Crippen LogP contribution in [-0.2, 0) is 5.41 Å². The molecule has 0 saturated heterocycles. The van der Waals surface area contributed by atoms with Gasteiger partial charge in [0.1, 0.15) is 5.75 Å². The summed E-state index contributed by atoms with van der Waals surface area (Å²) in [6, 6.07) is 7.90. The first kappa shape index (κ1) is 9.08. The zero-order valence-corrected chi connectivity index (χ0v) is 8.50. The Morgan fingerprint density at radius 1 is 1.43 bits per heavy atom. The van der Waals surface area contributed by atoms with Crippen molar-refractivity contribution in [1.82, 2.24) is 0 Å². The summed E-state index contributed by atoms with van der Waals surface area (Å²) in [5, 5.41) is 9.02. The third kappa shape index (κ3) is 1.26. The normalized spacial score (nSPS) is 17.8. The molecule has 0 spiro atoms. The second kappa shape index (κ2) is 3.02. The van der Waals surface area contributed by atoms with Crippen molar-refractivity contribution >= 4 is 0 Å². The summed E-state index contributed by atoms with van der Waals surface area (Å²) in [4.78, 5) is 0. The largest absolute Gasteiger partial charge is 0.493 e. The van der Waals surface area contributed by atoms with Gasteiger partial charge in [0.15, 0.2) is 0 Å². The Morgan fingerprint density at radius 2 is 2.21 bits per heavy atom. The molecule has 1 aliphatic heterocycles. The van der Waals surface area contributed by atoms with E-state index in [-0.39, 0.29) is 5.41 Å². The molecule has 2 nitrogen and oxygen atoms in total. The van der Waals surface area contributed by atoms with E-state index >= 15 is 0 Å². The van der Waals surface area contributed by atoms with Crippen LogP contribution in [0.1, 0.15) is 31.4 Å². The predicted octanol–water partition coefficient (Wildman–Crippen LogP) is 2.62. The maximum Gasteiger partial charge on any atom is 0.124 e. The molecule has 0 atom stereocenters. The van der Waals surface area contributed by atoms with Crippen molar-refractivity contribution in [3.8, 4) is 11.8 Å². The Kier molecular flexibility index (Phi) is 1.96. The zero-order valence-electron chi connectivity index (χ0n) is 8.50. The maximum atomic E-state index is 9.02. The van der Waals surface area contributed by atoms with Crippen LogP contribution in [0.25, 0.3) is 0 Å². The lowest BCUT2D eigenvalue weighted by atomic mass is 9.77. The van der Waals surface area contributed by atoms with Gasteiger partial charge in [0.05, 0.1) is 18.2 Å². The van der Waals surface area contributed by atoms with Crippen molar-refractivity contribution in [2.45, 2.75) is 25.7 Å². The van der Waals surface area contributed by atoms with Gasteiger partial charge < -0.3 is 4.74 Å². The Bertz CT molecular complexity index is 401. The molecule has 2 heteroatoms. The lowest BCUT2D eigenvalue weighted by Gasteiger charge is -2.32. The van der Waals surface area contributed by atoms with Crippen LogP contribution in [0, 0.1) is 11.3 Å². The number of rotatable bonds is 0. The Hall–Kier alpha value is -1.49. The predicted molar refractivity (Wildman–Crippen MR) is 54.3 cm³/mol. The number of hydrogen-bond acceptors (Lipinski definition) is 2. The smallest absolute Gasteiger partial charge is 0.124 e. The summed E-state index contributed by atoms with van der Waals surface area (Å²) in [6.45, 7) is 5.07. The lowest BCUT2D eigenvalue weighted by molar-refractivity contribution is 0.233. The second-order valence-corrected chi connectivity index (χ2v) is 4.27. The standard InChI is InChI=1S/C12H13NO/c1-12(2)6-7-14-10-5-3-4-9(8-13)11(10)12/h3-5H,6-7H2,1-2H3. The number of benzene rings is 1. The first-order chi connectivity index (χ1) is 6.65. The Morgan fingerprint density at radius 3 is 2.93 bits per heavy atom. The van der Waals surface area contributed by atoms with Gasteiger partial charge in [-0.3, -0.25) is 0 Å². The van der Waals surface area contributed by atoms with Gasteiger partial charge >= 0.3 is 0 Å². The molecule has 0 saturated carbocycles. The minimum Gasteiger partial charge on any atom is -0.493 e. The number of ether oxygens (including phenoxy) is 1. The third-order valence-corrected chi connectivity index (χ3v) is 2.81. The summed E-state index contributed by atoms with van der Waals surface area (Å²) in [7, 11) is 0. The van der Waals surface area contributed by atoms with Gasteiger partial charge in [0, 0.05) is 5.56 Å². The first-order valence-electron chi connectivity index (χ1n) is 4.81. The van der Waals surface area contributed by atoms with Crippen LogP contribution < -0.4 is 4.74 Å². The molecule has 1 aromatic rings. The molecule has 14 heavy (non-hydrogen) atoms. The van der Waals surface area contributed by atoms with Crippen molar-refractivity contribution in [2.75, 3.05) is 6.61 Å². The zero-order chi connectivity index (χ0) is 10.2. The average Bonchev–Trinajstić information content (AvgIpc) is 2.16. The van der Waals surface area contributed by atoms with Gasteiger partial charge in [-0.15, -0.1) is 0 Å². The molecular formula is C12H13NO. The molecule has 2 rings (SSSR count). The maximum absolute atomic E-state index is 9.02. The molecule has 0 N–H and O–H groups in total. The molecule has 1 heterocycles. The number of fused-ring (bicyclic) bond motifs is 1. The minimum absolute atomic E-state index is 0.0555. The molecule has 1 aliphatic rings. The van der Waals surface area contributed by atoms with Gasteiger partial charge in [-0.2, -0.15) is 5.26 Å². The average molecular weight is 187 g/mol. The highest BCUT2D eigenvalue weighted by Gasteiger charge is 2.30. The van der Waals surface area contributed by atoms with E-state index in [0.29, 0.717) is 0 Å². The fourth-order valence-corrected chi connectivity index (χ4v) is 1.98. The van der Waals surface area contributed by atoms with Crippen LogP contribution in [0.4, 0.5) is 0 Å².